The van der Waals surface area contributed by atoms with Crippen LogP contribution < -0.4 is 14.4 Å². The molecule has 0 saturated carbocycles. The second-order valence-electron chi connectivity index (χ2n) is 7.12. The van der Waals surface area contributed by atoms with Crippen molar-refractivity contribution in [2.24, 2.45) is 0 Å². The summed E-state index contributed by atoms with van der Waals surface area (Å²) in [7, 11) is 0. The molecule has 2 aliphatic rings. The fourth-order valence-corrected chi connectivity index (χ4v) is 3.85. The number of carbonyl (C=O) groups is 2. The predicted molar refractivity (Wildman–Crippen MR) is 110 cm³/mol. The van der Waals surface area contributed by atoms with Gasteiger partial charge in [0, 0.05) is 11.3 Å². The van der Waals surface area contributed by atoms with Crippen LogP contribution in [0, 0.1) is 5.82 Å². The molecule has 1 unspecified atom stereocenters. The normalized spacial score (nSPS) is 19.1. The van der Waals surface area contributed by atoms with Gasteiger partial charge >= 0.3 is 0 Å². The molecule has 154 valence electrons. The number of aliphatic hydroxyl groups excluding tert-OH is 1. The maximum Gasteiger partial charge on any atom is 0.300 e. The van der Waals surface area contributed by atoms with Crippen LogP contribution in [-0.4, -0.2) is 23.6 Å². The average Bonchev–Trinajstić information content (AvgIpc) is 3.37. The highest BCUT2D eigenvalue weighted by Crippen LogP contribution is 2.44. The van der Waals surface area contributed by atoms with E-state index < -0.39 is 23.5 Å². The first-order valence-corrected chi connectivity index (χ1v) is 9.56. The highest BCUT2D eigenvalue weighted by molar-refractivity contribution is 6.51. The summed E-state index contributed by atoms with van der Waals surface area (Å²) in [5, 5.41) is 11.0. The topological polar surface area (TPSA) is 76.1 Å². The Morgan fingerprint density at radius 3 is 2.39 bits per heavy atom. The summed E-state index contributed by atoms with van der Waals surface area (Å²) in [6.07, 6.45) is 0. The molecular formula is C24H16FNO5. The van der Waals surface area contributed by atoms with Gasteiger partial charge in [0.1, 0.15) is 11.6 Å². The number of fused-ring (bicyclic) bond motifs is 1. The average molecular weight is 417 g/mol. The van der Waals surface area contributed by atoms with Crippen molar-refractivity contribution in [2.75, 3.05) is 11.7 Å². The lowest BCUT2D eigenvalue weighted by Gasteiger charge is -2.25. The number of nitrogens with zero attached hydrogens (tertiary/aromatic N) is 1. The molecule has 2 aliphatic heterocycles. The first-order chi connectivity index (χ1) is 15.0. The van der Waals surface area contributed by atoms with Crippen LogP contribution in [0.5, 0.6) is 11.5 Å². The van der Waals surface area contributed by atoms with Gasteiger partial charge in [-0.2, -0.15) is 0 Å². The Bertz CT molecular complexity index is 1220. The van der Waals surface area contributed by atoms with Gasteiger partial charge in [-0.05, 0) is 42.0 Å². The van der Waals surface area contributed by atoms with Crippen molar-refractivity contribution in [1.29, 1.82) is 0 Å². The van der Waals surface area contributed by atoms with Gasteiger partial charge in [0.15, 0.2) is 11.5 Å². The highest BCUT2D eigenvalue weighted by Gasteiger charge is 2.47. The lowest BCUT2D eigenvalue weighted by Crippen LogP contribution is -2.29. The summed E-state index contributed by atoms with van der Waals surface area (Å²) in [6.45, 7) is 0.0704. The monoisotopic (exact) mass is 417 g/mol. The zero-order valence-electron chi connectivity index (χ0n) is 16.1. The summed E-state index contributed by atoms with van der Waals surface area (Å²) in [6, 6.07) is 17.9. The summed E-state index contributed by atoms with van der Waals surface area (Å²) in [4.78, 5) is 27.3. The standard InChI is InChI=1S/C24H16FNO5/c25-16-7-9-17(10-8-16)26-21(15-6-11-18-19(12-15)31-13-30-18)20(23(28)24(26)29)22(27)14-4-2-1-3-5-14/h1-12,21,27H,13H2. The maximum absolute atomic E-state index is 13.5. The molecule has 0 radical (unpaired) electrons. The molecule has 7 heteroatoms. The molecule has 0 bridgehead atoms. The lowest BCUT2D eigenvalue weighted by atomic mass is 9.95. The van der Waals surface area contributed by atoms with Crippen molar-refractivity contribution in [3.63, 3.8) is 0 Å². The maximum atomic E-state index is 13.5. The van der Waals surface area contributed by atoms with Gasteiger partial charge in [0.05, 0.1) is 11.6 Å². The fourth-order valence-electron chi connectivity index (χ4n) is 3.85. The minimum absolute atomic E-state index is 0.0561. The zero-order valence-corrected chi connectivity index (χ0v) is 16.1. The number of ketones is 1. The lowest BCUT2D eigenvalue weighted by molar-refractivity contribution is -0.132. The Morgan fingerprint density at radius 2 is 1.65 bits per heavy atom. The van der Waals surface area contributed by atoms with E-state index >= 15 is 0 Å². The number of hydrogen-bond acceptors (Lipinski definition) is 5. The van der Waals surface area contributed by atoms with Crippen molar-refractivity contribution in [3.8, 4) is 11.5 Å². The summed E-state index contributed by atoms with van der Waals surface area (Å²) >= 11 is 0. The molecule has 31 heavy (non-hydrogen) atoms. The Labute approximate surface area is 176 Å². The number of ether oxygens (including phenoxy) is 2. The quantitative estimate of drug-likeness (QED) is 0.393. The number of hydrogen-bond donors (Lipinski definition) is 1. The Hall–Kier alpha value is -4.13. The largest absolute Gasteiger partial charge is 0.507 e. The van der Waals surface area contributed by atoms with Gasteiger partial charge in [-0.1, -0.05) is 36.4 Å². The molecule has 6 nitrogen and oxygen atoms in total. The van der Waals surface area contributed by atoms with Crippen LogP contribution in [0.3, 0.4) is 0 Å². The molecule has 0 spiro atoms. The van der Waals surface area contributed by atoms with Gasteiger partial charge in [0.25, 0.3) is 11.7 Å². The van der Waals surface area contributed by atoms with E-state index in [4.69, 9.17) is 9.47 Å². The fraction of sp³-hybridized carbons (Fsp3) is 0.0833. The molecule has 2 heterocycles. The number of amides is 1. The van der Waals surface area contributed by atoms with Crippen LogP contribution >= 0.6 is 0 Å². The van der Waals surface area contributed by atoms with E-state index in [1.807, 2.05) is 0 Å². The molecule has 1 saturated heterocycles. The Morgan fingerprint density at radius 1 is 0.935 bits per heavy atom. The van der Waals surface area contributed by atoms with Gasteiger partial charge in [-0.25, -0.2) is 4.39 Å². The van der Waals surface area contributed by atoms with Crippen LogP contribution in [0.1, 0.15) is 17.2 Å². The van der Waals surface area contributed by atoms with Crippen molar-refractivity contribution >= 4 is 23.1 Å². The molecule has 5 rings (SSSR count). The van der Waals surface area contributed by atoms with E-state index in [-0.39, 0.29) is 18.1 Å². The zero-order chi connectivity index (χ0) is 21.5. The minimum atomic E-state index is -0.930. The first-order valence-electron chi connectivity index (χ1n) is 9.56. The van der Waals surface area contributed by atoms with E-state index in [0.29, 0.717) is 28.3 Å². The minimum Gasteiger partial charge on any atom is -0.507 e. The number of Topliss-reactive ketones (excluding diaryl/α,β-unsaturated/α-hetero) is 1. The first kappa shape index (κ1) is 18.9. The van der Waals surface area contributed by atoms with Gasteiger partial charge < -0.3 is 14.6 Å². The number of anilines is 1. The third-order valence-electron chi connectivity index (χ3n) is 5.31. The number of aliphatic hydroxyl groups is 1. The molecule has 0 aromatic heterocycles. The predicted octanol–water partition coefficient (Wildman–Crippen LogP) is 4.18. The Kier molecular flexibility index (Phi) is 4.43. The smallest absolute Gasteiger partial charge is 0.300 e. The summed E-state index contributed by atoms with van der Waals surface area (Å²) < 4.78 is 24.3. The second-order valence-corrected chi connectivity index (χ2v) is 7.12. The number of carbonyl (C=O) groups excluding carboxylic acids is 2. The number of rotatable bonds is 3. The molecule has 3 aromatic rings. The molecule has 3 aromatic carbocycles. The van der Waals surface area contributed by atoms with Crippen molar-refractivity contribution in [2.45, 2.75) is 6.04 Å². The summed E-state index contributed by atoms with van der Waals surface area (Å²) in [5.74, 6) is -1.37. The Balaban J connectivity index is 1.72. The van der Waals surface area contributed by atoms with Crippen molar-refractivity contribution in [3.05, 3.63) is 95.3 Å². The van der Waals surface area contributed by atoms with E-state index in [1.54, 1.807) is 48.5 Å². The molecular weight excluding hydrogens is 401 g/mol. The van der Waals surface area contributed by atoms with E-state index in [2.05, 4.69) is 0 Å². The molecule has 0 aliphatic carbocycles. The van der Waals surface area contributed by atoms with E-state index in [1.165, 1.54) is 29.2 Å². The third-order valence-corrected chi connectivity index (χ3v) is 5.31. The molecule has 1 amide bonds. The van der Waals surface area contributed by atoms with Crippen molar-refractivity contribution in [1.82, 2.24) is 0 Å². The van der Waals surface area contributed by atoms with E-state index in [9.17, 15) is 19.1 Å². The highest BCUT2D eigenvalue weighted by atomic mass is 19.1. The van der Waals surface area contributed by atoms with Crippen LogP contribution in [-0.2, 0) is 9.59 Å². The molecule has 1 atom stereocenters. The SMILES string of the molecule is O=C1C(=O)N(c2ccc(F)cc2)C(c2ccc3c(c2)OCO3)C1=C(O)c1ccccc1. The number of halogens is 1. The summed E-state index contributed by atoms with van der Waals surface area (Å²) in [5.41, 5.74) is 1.23. The molecule has 1 fully saturated rings. The van der Waals surface area contributed by atoms with Crippen molar-refractivity contribution < 1.29 is 28.6 Å². The number of benzene rings is 3. The third kappa shape index (κ3) is 3.11. The van der Waals surface area contributed by atoms with Crippen LogP contribution in [0.15, 0.2) is 78.4 Å². The van der Waals surface area contributed by atoms with E-state index in [0.717, 1.165) is 0 Å². The van der Waals surface area contributed by atoms with Crippen LogP contribution in [0.25, 0.3) is 5.76 Å². The van der Waals surface area contributed by atoms with Gasteiger partial charge in [-0.3, -0.25) is 14.5 Å². The van der Waals surface area contributed by atoms with Gasteiger partial charge in [0.2, 0.25) is 6.79 Å². The molecule has 1 N–H and O–H groups in total. The second kappa shape index (κ2) is 7.28. The van der Waals surface area contributed by atoms with Crippen LogP contribution in [0.2, 0.25) is 0 Å². The van der Waals surface area contributed by atoms with Crippen LogP contribution in [0.4, 0.5) is 10.1 Å². The van der Waals surface area contributed by atoms with Gasteiger partial charge in [-0.15, -0.1) is 0 Å².